The molecule has 0 aromatic rings. The van der Waals surface area contributed by atoms with E-state index >= 15 is 0 Å². The van der Waals surface area contributed by atoms with E-state index in [1.54, 1.807) is 20.8 Å². The van der Waals surface area contributed by atoms with Crippen LogP contribution in [-0.4, -0.2) is 70.7 Å². The predicted octanol–water partition coefficient (Wildman–Crippen LogP) is 2.29. The van der Waals surface area contributed by atoms with Crippen molar-refractivity contribution in [1.82, 2.24) is 16.0 Å². The van der Waals surface area contributed by atoms with Crippen molar-refractivity contribution in [3.63, 3.8) is 0 Å². The van der Waals surface area contributed by atoms with Gasteiger partial charge in [-0.2, -0.15) is 0 Å². The third kappa shape index (κ3) is 8.67. The molecule has 1 saturated carbocycles. The average Bonchev–Trinajstić information content (AvgIpc) is 2.98. The van der Waals surface area contributed by atoms with Crippen LogP contribution in [0.1, 0.15) is 60.3 Å². The van der Waals surface area contributed by atoms with Gasteiger partial charge in [-0.1, -0.05) is 24.2 Å². The second-order valence-electron chi connectivity index (χ2n) is 9.53. The summed E-state index contributed by atoms with van der Waals surface area (Å²) in [6, 6.07) is -2.33. The van der Waals surface area contributed by atoms with Gasteiger partial charge in [0.25, 0.3) is 0 Å². The SMILES string of the molecule is C[C@H](NC(=O)CNC(=O)[C@H](CO[P@@]1(=S)O[C@@]2(C)CCCC[C@@H]2S1)NC(=O)OC(C)(C)C)C(=O)O. The van der Waals surface area contributed by atoms with Crippen LogP contribution in [0.3, 0.4) is 0 Å². The van der Waals surface area contributed by atoms with Crippen molar-refractivity contribution in [3.8, 4) is 0 Å². The van der Waals surface area contributed by atoms with Crippen LogP contribution in [-0.2, 0) is 40.0 Å². The monoisotopic (exact) mass is 539 g/mol. The molecule has 2 aliphatic rings. The van der Waals surface area contributed by atoms with Crippen LogP contribution in [0.2, 0.25) is 0 Å². The van der Waals surface area contributed by atoms with Crippen LogP contribution in [0.15, 0.2) is 0 Å². The molecule has 0 aromatic carbocycles. The number of hydrogen-bond acceptors (Lipinski definition) is 9. The van der Waals surface area contributed by atoms with Crippen LogP contribution in [0, 0.1) is 0 Å². The van der Waals surface area contributed by atoms with E-state index in [0.717, 1.165) is 25.7 Å². The molecule has 3 amide bonds. The largest absolute Gasteiger partial charge is 0.480 e. The van der Waals surface area contributed by atoms with Gasteiger partial charge >= 0.3 is 12.1 Å². The summed E-state index contributed by atoms with van der Waals surface area (Å²) in [5.41, 5.74) is -3.91. The van der Waals surface area contributed by atoms with Crippen LogP contribution in [0.25, 0.3) is 0 Å². The van der Waals surface area contributed by atoms with Gasteiger partial charge in [0.05, 0.1) is 18.8 Å². The Bertz CT molecular complexity index is 852. The minimum atomic E-state index is -2.75. The number of carboxylic acid groups (broad SMARTS) is 1. The zero-order valence-corrected chi connectivity index (χ0v) is 22.6. The van der Waals surface area contributed by atoms with Gasteiger partial charge < -0.3 is 34.8 Å². The third-order valence-electron chi connectivity index (χ3n) is 5.23. The minimum absolute atomic E-state index is 0.220. The van der Waals surface area contributed by atoms with E-state index in [-0.39, 0.29) is 17.5 Å². The lowest BCUT2D eigenvalue weighted by atomic mass is 9.86. The number of aliphatic carboxylic acids is 1. The number of hydrogen-bond donors (Lipinski definition) is 4. The highest BCUT2D eigenvalue weighted by Gasteiger charge is 2.51. The van der Waals surface area contributed by atoms with E-state index in [9.17, 15) is 19.2 Å². The highest BCUT2D eigenvalue weighted by atomic mass is 32.9. The van der Waals surface area contributed by atoms with Gasteiger partial charge in [0.2, 0.25) is 17.5 Å². The van der Waals surface area contributed by atoms with Crippen molar-refractivity contribution < 1.29 is 38.1 Å². The highest BCUT2D eigenvalue weighted by molar-refractivity contribution is 8.68. The first-order valence-corrected chi connectivity index (χ1v) is 15.2. The first kappa shape index (κ1) is 28.8. The van der Waals surface area contributed by atoms with Crippen LogP contribution in [0.4, 0.5) is 4.79 Å². The number of carbonyl (C=O) groups is 4. The van der Waals surface area contributed by atoms with Gasteiger partial charge in [0, 0.05) is 5.25 Å². The van der Waals surface area contributed by atoms with Gasteiger partial charge in [-0.15, -0.1) is 0 Å². The first-order valence-electron chi connectivity index (χ1n) is 11.1. The summed E-state index contributed by atoms with van der Waals surface area (Å²) >= 11 is 7.16. The molecular formula is C20H34N3O8PS2. The highest BCUT2D eigenvalue weighted by Crippen LogP contribution is 2.74. The molecule has 0 spiro atoms. The summed E-state index contributed by atoms with van der Waals surface area (Å²) in [5, 5.41) is 16.2. The molecule has 4 N–H and O–H groups in total. The van der Waals surface area contributed by atoms with Crippen LogP contribution in [0.5, 0.6) is 0 Å². The number of carboxylic acids is 1. The van der Waals surface area contributed by atoms with Crippen LogP contribution < -0.4 is 16.0 Å². The zero-order valence-electron chi connectivity index (χ0n) is 20.0. The van der Waals surface area contributed by atoms with Crippen molar-refractivity contribution in [2.24, 2.45) is 0 Å². The Morgan fingerprint density at radius 2 is 1.94 bits per heavy atom. The molecule has 2 rings (SSSR count). The summed E-state index contributed by atoms with van der Waals surface area (Å²) in [4.78, 5) is 47.9. The van der Waals surface area contributed by atoms with Crippen molar-refractivity contribution in [2.45, 2.75) is 88.8 Å². The molecule has 0 radical (unpaired) electrons. The van der Waals surface area contributed by atoms with Gasteiger partial charge in [0.1, 0.15) is 17.7 Å². The molecule has 1 aliphatic heterocycles. The Balaban J connectivity index is 2.01. The van der Waals surface area contributed by atoms with E-state index in [0.29, 0.717) is 0 Å². The number of ether oxygens (including phenoxy) is 1. The molecule has 5 atom stereocenters. The summed E-state index contributed by atoms with van der Waals surface area (Å²) in [6.07, 6.45) is 3.18. The fraction of sp³-hybridized carbons (Fsp3) is 0.800. The molecular weight excluding hydrogens is 505 g/mol. The fourth-order valence-corrected chi connectivity index (χ4v) is 10.3. The fourth-order valence-electron chi connectivity index (χ4n) is 3.47. The standard InChI is InChI=1S/C20H34N3O8PS2/c1-12(17(26)27)22-15(24)10-21-16(25)13(23-18(28)30-19(2,3)4)11-29-32(33)31-20(5)9-7-6-8-14(20)34-32/h12-14H,6-11H2,1-5H3,(H,21,25)(H,22,24)(H,23,28)(H,26,27)/t12-,13-,14-,20-,32-/m0/s1. The van der Waals surface area contributed by atoms with Gasteiger partial charge in [-0.05, 0) is 59.3 Å². The smallest absolute Gasteiger partial charge is 0.408 e. The molecule has 14 heteroatoms. The number of carbonyl (C=O) groups excluding carboxylic acids is 3. The van der Waals surface area contributed by atoms with Crippen molar-refractivity contribution in [1.29, 1.82) is 0 Å². The average molecular weight is 540 g/mol. The van der Waals surface area contributed by atoms with Crippen molar-refractivity contribution in [3.05, 3.63) is 0 Å². The normalized spacial score (nSPS) is 28.2. The molecule has 1 heterocycles. The molecule has 11 nitrogen and oxygen atoms in total. The maximum Gasteiger partial charge on any atom is 0.408 e. The van der Waals surface area contributed by atoms with E-state index in [4.69, 9.17) is 30.7 Å². The Morgan fingerprint density at radius 3 is 2.53 bits per heavy atom. The molecule has 2 fully saturated rings. The Labute approximate surface area is 208 Å². The Morgan fingerprint density at radius 1 is 1.26 bits per heavy atom. The molecule has 0 aromatic heterocycles. The summed E-state index contributed by atoms with van der Waals surface area (Å²) in [7, 11) is 0. The third-order valence-corrected chi connectivity index (χ3v) is 11.0. The van der Waals surface area contributed by atoms with Crippen molar-refractivity contribution >= 4 is 52.8 Å². The lowest BCUT2D eigenvalue weighted by Crippen LogP contribution is -2.52. The van der Waals surface area contributed by atoms with Crippen molar-refractivity contribution in [2.75, 3.05) is 13.2 Å². The van der Waals surface area contributed by atoms with Gasteiger partial charge in [0.15, 0.2) is 0 Å². The topological polar surface area (TPSA) is 152 Å². The maximum absolute atomic E-state index is 12.8. The summed E-state index contributed by atoms with van der Waals surface area (Å²) in [6.45, 7) is 7.62. The molecule has 194 valence electrons. The lowest BCUT2D eigenvalue weighted by Gasteiger charge is -2.33. The Hall–Kier alpha value is -1.40. The number of fused-ring (bicyclic) bond motifs is 1. The second-order valence-corrected chi connectivity index (χ2v) is 15.9. The summed E-state index contributed by atoms with van der Waals surface area (Å²) < 4.78 is 17.3. The zero-order chi connectivity index (χ0) is 25.7. The van der Waals surface area contributed by atoms with Gasteiger partial charge in [-0.3, -0.25) is 14.4 Å². The molecule has 1 aliphatic carbocycles. The minimum Gasteiger partial charge on any atom is -0.480 e. The van der Waals surface area contributed by atoms with E-state index in [2.05, 4.69) is 16.0 Å². The molecule has 0 bridgehead atoms. The summed E-state index contributed by atoms with van der Waals surface area (Å²) in [5.74, 6) is -2.61. The maximum atomic E-state index is 12.8. The number of alkyl carbamates (subject to hydrolysis) is 1. The lowest BCUT2D eigenvalue weighted by molar-refractivity contribution is -0.141. The van der Waals surface area contributed by atoms with E-state index < -0.39 is 53.8 Å². The quantitative estimate of drug-likeness (QED) is 0.321. The number of amides is 3. The number of nitrogens with one attached hydrogen (secondary N) is 3. The first-order chi connectivity index (χ1) is 15.6. The van der Waals surface area contributed by atoms with E-state index in [1.807, 2.05) is 6.92 Å². The number of rotatable bonds is 9. The molecule has 34 heavy (non-hydrogen) atoms. The Kier molecular flexibility index (Phi) is 9.80. The predicted molar refractivity (Wildman–Crippen MR) is 131 cm³/mol. The molecule has 1 saturated heterocycles. The second kappa shape index (κ2) is 11.6. The van der Waals surface area contributed by atoms with Crippen LogP contribution >= 0.6 is 17.1 Å². The van der Waals surface area contributed by atoms with Gasteiger partial charge in [-0.25, -0.2) is 4.79 Å². The van der Waals surface area contributed by atoms with E-state index in [1.165, 1.54) is 18.3 Å². The molecule has 0 unspecified atom stereocenters.